The molecule has 0 amide bonds. The first-order valence-electron chi connectivity index (χ1n) is 5.51. The molecule has 1 aromatic rings. The number of hydrogen-bond acceptors (Lipinski definition) is 3. The van der Waals surface area contributed by atoms with Gasteiger partial charge in [-0.25, -0.2) is 4.79 Å². The second kappa shape index (κ2) is 5.54. The highest BCUT2D eigenvalue weighted by atomic mass is 16.5. The highest BCUT2D eigenvalue weighted by molar-refractivity contribution is 5.92. The van der Waals surface area contributed by atoms with Crippen molar-refractivity contribution in [1.29, 1.82) is 0 Å². The van der Waals surface area contributed by atoms with E-state index in [-0.39, 0.29) is 5.97 Å². The first kappa shape index (κ1) is 12.6. The normalized spacial score (nSPS) is 10.0. The zero-order chi connectivity index (χ0) is 12.1. The number of benzene rings is 1. The Hall–Kier alpha value is -1.51. The molecule has 0 aliphatic rings. The Kier molecular flexibility index (Phi) is 4.35. The van der Waals surface area contributed by atoms with E-state index in [4.69, 9.17) is 9.47 Å². The maximum absolute atomic E-state index is 11.7. The van der Waals surface area contributed by atoms with E-state index in [0.717, 1.165) is 16.9 Å². The summed E-state index contributed by atoms with van der Waals surface area (Å²) in [6, 6.07) is 3.73. The third-order valence-corrected chi connectivity index (χ3v) is 2.30. The van der Waals surface area contributed by atoms with E-state index in [1.807, 2.05) is 32.9 Å². The lowest BCUT2D eigenvalue weighted by molar-refractivity contribution is 0.0524. The number of esters is 1. The molecule has 16 heavy (non-hydrogen) atoms. The van der Waals surface area contributed by atoms with E-state index >= 15 is 0 Å². The van der Waals surface area contributed by atoms with Gasteiger partial charge in [0.1, 0.15) is 5.75 Å². The number of ether oxygens (including phenoxy) is 2. The van der Waals surface area contributed by atoms with Gasteiger partial charge in [0.2, 0.25) is 0 Å². The molecule has 0 spiro atoms. The molecule has 0 saturated heterocycles. The largest absolute Gasteiger partial charge is 0.494 e. The maximum Gasteiger partial charge on any atom is 0.338 e. The van der Waals surface area contributed by atoms with Crippen molar-refractivity contribution in [1.82, 2.24) is 0 Å². The molecule has 0 N–H and O–H groups in total. The molecule has 0 bridgehead atoms. The van der Waals surface area contributed by atoms with Crippen molar-refractivity contribution in [3.8, 4) is 5.75 Å². The molecule has 3 heteroatoms. The van der Waals surface area contributed by atoms with Crippen LogP contribution in [0.1, 0.15) is 35.3 Å². The van der Waals surface area contributed by atoms with Gasteiger partial charge in [-0.05, 0) is 51.0 Å². The first-order chi connectivity index (χ1) is 7.60. The molecule has 0 heterocycles. The molecular formula is C13H18O3. The van der Waals surface area contributed by atoms with Gasteiger partial charge in [0.25, 0.3) is 0 Å². The smallest absolute Gasteiger partial charge is 0.338 e. The molecule has 0 aliphatic carbocycles. The molecule has 0 aromatic heterocycles. The van der Waals surface area contributed by atoms with E-state index in [1.54, 1.807) is 6.92 Å². The zero-order valence-corrected chi connectivity index (χ0v) is 10.3. The summed E-state index contributed by atoms with van der Waals surface area (Å²) >= 11 is 0. The van der Waals surface area contributed by atoms with Gasteiger partial charge in [-0.3, -0.25) is 0 Å². The molecule has 0 atom stereocenters. The predicted octanol–water partition coefficient (Wildman–Crippen LogP) is 2.88. The summed E-state index contributed by atoms with van der Waals surface area (Å²) in [6.07, 6.45) is 0. The average Bonchev–Trinajstić information content (AvgIpc) is 2.17. The van der Waals surface area contributed by atoms with Gasteiger partial charge < -0.3 is 9.47 Å². The minimum absolute atomic E-state index is 0.263. The van der Waals surface area contributed by atoms with Gasteiger partial charge >= 0.3 is 5.97 Å². The van der Waals surface area contributed by atoms with Crippen molar-refractivity contribution < 1.29 is 14.3 Å². The van der Waals surface area contributed by atoms with Crippen LogP contribution in [-0.4, -0.2) is 19.2 Å². The Bertz CT molecular complexity index is 360. The SMILES string of the molecule is CCOC(=O)c1c(C)cc(OCC)cc1C. The summed E-state index contributed by atoms with van der Waals surface area (Å²) in [5.41, 5.74) is 2.43. The first-order valence-corrected chi connectivity index (χ1v) is 5.51. The standard InChI is InChI=1S/C13H18O3/c1-5-15-11-7-9(3)12(10(4)8-11)13(14)16-6-2/h7-8H,5-6H2,1-4H3. The van der Waals surface area contributed by atoms with Crippen LogP contribution in [0, 0.1) is 13.8 Å². The summed E-state index contributed by atoms with van der Waals surface area (Å²) in [4.78, 5) is 11.7. The van der Waals surface area contributed by atoms with Gasteiger partial charge in [-0.1, -0.05) is 0 Å². The van der Waals surface area contributed by atoms with E-state index < -0.39 is 0 Å². The zero-order valence-electron chi connectivity index (χ0n) is 10.3. The van der Waals surface area contributed by atoms with Gasteiger partial charge in [-0.15, -0.1) is 0 Å². The fraction of sp³-hybridized carbons (Fsp3) is 0.462. The van der Waals surface area contributed by atoms with Crippen LogP contribution in [0.5, 0.6) is 5.75 Å². The second-order valence-corrected chi connectivity index (χ2v) is 3.59. The lowest BCUT2D eigenvalue weighted by Gasteiger charge is -2.11. The minimum atomic E-state index is -0.263. The van der Waals surface area contributed by atoms with Crippen LogP contribution in [0.3, 0.4) is 0 Å². The second-order valence-electron chi connectivity index (χ2n) is 3.59. The van der Waals surface area contributed by atoms with Crippen molar-refractivity contribution in [2.24, 2.45) is 0 Å². The molecule has 88 valence electrons. The number of rotatable bonds is 4. The van der Waals surface area contributed by atoms with E-state index in [2.05, 4.69) is 0 Å². The molecule has 0 radical (unpaired) electrons. The Balaban J connectivity index is 3.07. The third-order valence-electron chi connectivity index (χ3n) is 2.30. The van der Waals surface area contributed by atoms with Crippen LogP contribution in [0.15, 0.2) is 12.1 Å². The van der Waals surface area contributed by atoms with Crippen LogP contribution in [0.4, 0.5) is 0 Å². The van der Waals surface area contributed by atoms with E-state index in [9.17, 15) is 4.79 Å². The number of carbonyl (C=O) groups is 1. The summed E-state index contributed by atoms with van der Waals surface area (Å²) in [5.74, 6) is 0.533. The highest BCUT2D eigenvalue weighted by Crippen LogP contribution is 2.22. The van der Waals surface area contributed by atoms with Gasteiger partial charge in [0.05, 0.1) is 18.8 Å². The topological polar surface area (TPSA) is 35.5 Å². The number of carbonyl (C=O) groups excluding carboxylic acids is 1. The summed E-state index contributed by atoms with van der Waals surface area (Å²) in [7, 11) is 0. The quantitative estimate of drug-likeness (QED) is 0.735. The average molecular weight is 222 g/mol. The summed E-state index contributed by atoms with van der Waals surface area (Å²) in [5, 5.41) is 0. The molecule has 1 aromatic carbocycles. The Morgan fingerprint density at radius 1 is 1.12 bits per heavy atom. The monoisotopic (exact) mass is 222 g/mol. The Morgan fingerprint density at radius 2 is 1.69 bits per heavy atom. The molecule has 1 rings (SSSR count). The van der Waals surface area contributed by atoms with Gasteiger partial charge in [-0.2, -0.15) is 0 Å². The van der Waals surface area contributed by atoms with Crippen LogP contribution >= 0.6 is 0 Å². The minimum Gasteiger partial charge on any atom is -0.494 e. The predicted molar refractivity (Wildman–Crippen MR) is 63.0 cm³/mol. The summed E-state index contributed by atoms with van der Waals surface area (Å²) < 4.78 is 10.4. The Labute approximate surface area is 96.4 Å². The van der Waals surface area contributed by atoms with Crippen molar-refractivity contribution in [2.45, 2.75) is 27.7 Å². The molecule has 0 unspecified atom stereocenters. The molecule has 0 fully saturated rings. The molecule has 0 aliphatic heterocycles. The van der Waals surface area contributed by atoms with Crippen LogP contribution < -0.4 is 4.74 Å². The number of aryl methyl sites for hydroxylation is 2. The maximum atomic E-state index is 11.7. The van der Waals surface area contributed by atoms with Gasteiger partial charge in [0, 0.05) is 0 Å². The lowest BCUT2D eigenvalue weighted by Crippen LogP contribution is -2.09. The van der Waals surface area contributed by atoms with E-state index in [0.29, 0.717) is 18.8 Å². The summed E-state index contributed by atoms with van der Waals surface area (Å²) in [6.45, 7) is 8.53. The van der Waals surface area contributed by atoms with Crippen molar-refractivity contribution in [3.63, 3.8) is 0 Å². The van der Waals surface area contributed by atoms with Crippen LogP contribution in [-0.2, 0) is 4.74 Å². The number of hydrogen-bond donors (Lipinski definition) is 0. The molecular weight excluding hydrogens is 204 g/mol. The van der Waals surface area contributed by atoms with Crippen LogP contribution in [0.2, 0.25) is 0 Å². The molecule has 3 nitrogen and oxygen atoms in total. The van der Waals surface area contributed by atoms with Crippen molar-refractivity contribution in [2.75, 3.05) is 13.2 Å². The van der Waals surface area contributed by atoms with Crippen molar-refractivity contribution >= 4 is 5.97 Å². The third kappa shape index (κ3) is 2.75. The van der Waals surface area contributed by atoms with Gasteiger partial charge in [0.15, 0.2) is 0 Å². The fourth-order valence-electron chi connectivity index (χ4n) is 1.70. The highest BCUT2D eigenvalue weighted by Gasteiger charge is 2.14. The molecule has 0 saturated carbocycles. The van der Waals surface area contributed by atoms with Crippen LogP contribution in [0.25, 0.3) is 0 Å². The lowest BCUT2D eigenvalue weighted by atomic mass is 10.0. The van der Waals surface area contributed by atoms with E-state index in [1.165, 1.54) is 0 Å². The van der Waals surface area contributed by atoms with Crippen molar-refractivity contribution in [3.05, 3.63) is 28.8 Å². The Morgan fingerprint density at radius 3 is 2.12 bits per heavy atom. The fourth-order valence-corrected chi connectivity index (χ4v) is 1.70.